The Morgan fingerprint density at radius 1 is 0.935 bits per heavy atom. The highest BCUT2D eigenvalue weighted by atomic mass is 19.1. The molecule has 0 saturated heterocycles. The first-order valence-corrected chi connectivity index (χ1v) is 9.81. The van der Waals surface area contributed by atoms with E-state index < -0.39 is 5.63 Å². The van der Waals surface area contributed by atoms with E-state index in [0.29, 0.717) is 34.4 Å². The smallest absolute Gasteiger partial charge is 0.336 e. The normalized spacial score (nSPS) is 10.7. The molecule has 0 aliphatic carbocycles. The second kappa shape index (κ2) is 9.26. The van der Waals surface area contributed by atoms with Gasteiger partial charge in [0, 0.05) is 24.1 Å². The van der Waals surface area contributed by atoms with Crippen molar-refractivity contribution in [3.8, 4) is 5.75 Å². The molecule has 0 unspecified atom stereocenters. The van der Waals surface area contributed by atoms with Gasteiger partial charge in [0.25, 0.3) is 0 Å². The summed E-state index contributed by atoms with van der Waals surface area (Å²) in [6.07, 6.45) is 0.0540. The zero-order chi connectivity index (χ0) is 21.6. The number of rotatable bonds is 7. The molecule has 0 saturated carbocycles. The predicted octanol–water partition coefficient (Wildman–Crippen LogP) is 4.37. The Morgan fingerprint density at radius 3 is 2.55 bits per heavy atom. The first-order chi connectivity index (χ1) is 15.1. The maximum atomic E-state index is 13.3. The van der Waals surface area contributed by atoms with Gasteiger partial charge in [-0.3, -0.25) is 4.79 Å². The van der Waals surface area contributed by atoms with Gasteiger partial charge < -0.3 is 14.5 Å². The molecule has 1 N–H and O–H groups in total. The molecule has 0 atom stereocenters. The molecule has 1 amide bonds. The monoisotopic (exact) mass is 417 g/mol. The molecule has 0 fully saturated rings. The van der Waals surface area contributed by atoms with Crippen LogP contribution in [0, 0.1) is 5.82 Å². The summed E-state index contributed by atoms with van der Waals surface area (Å²) >= 11 is 0. The second-order valence-electron chi connectivity index (χ2n) is 7.11. The topological polar surface area (TPSA) is 68.5 Å². The number of hydrogen-bond donors (Lipinski definition) is 1. The van der Waals surface area contributed by atoms with Crippen molar-refractivity contribution in [2.45, 2.75) is 19.6 Å². The lowest BCUT2D eigenvalue weighted by atomic mass is 10.1. The summed E-state index contributed by atoms with van der Waals surface area (Å²) in [4.78, 5) is 24.4. The summed E-state index contributed by atoms with van der Waals surface area (Å²) in [6, 6.07) is 22.1. The lowest BCUT2D eigenvalue weighted by Gasteiger charge is -2.10. The van der Waals surface area contributed by atoms with Crippen molar-refractivity contribution < 1.29 is 18.3 Å². The van der Waals surface area contributed by atoms with Crippen molar-refractivity contribution in [3.05, 3.63) is 112 Å². The average molecular weight is 417 g/mol. The zero-order valence-corrected chi connectivity index (χ0v) is 16.6. The van der Waals surface area contributed by atoms with Crippen LogP contribution >= 0.6 is 0 Å². The van der Waals surface area contributed by atoms with Crippen molar-refractivity contribution in [1.82, 2.24) is 5.32 Å². The van der Waals surface area contributed by atoms with Gasteiger partial charge in [0.15, 0.2) is 0 Å². The molecule has 1 heterocycles. The highest BCUT2D eigenvalue weighted by Crippen LogP contribution is 2.24. The van der Waals surface area contributed by atoms with E-state index in [1.165, 1.54) is 18.2 Å². The summed E-state index contributed by atoms with van der Waals surface area (Å²) in [5.74, 6) is -0.0476. The Morgan fingerprint density at radius 2 is 1.74 bits per heavy atom. The number of ether oxygens (including phenoxy) is 1. The minimum atomic E-state index is -0.541. The van der Waals surface area contributed by atoms with Gasteiger partial charge in [0.05, 0.1) is 6.42 Å². The molecule has 4 aromatic rings. The van der Waals surface area contributed by atoms with E-state index in [4.69, 9.17) is 9.15 Å². The molecule has 31 heavy (non-hydrogen) atoms. The molecular weight excluding hydrogens is 397 g/mol. The highest BCUT2D eigenvalue weighted by molar-refractivity contribution is 5.87. The summed E-state index contributed by atoms with van der Waals surface area (Å²) in [5.41, 5.74) is 2.04. The van der Waals surface area contributed by atoms with Crippen LogP contribution in [-0.2, 0) is 24.4 Å². The third-order valence-corrected chi connectivity index (χ3v) is 4.78. The van der Waals surface area contributed by atoms with Crippen LogP contribution in [0.4, 0.5) is 4.39 Å². The van der Waals surface area contributed by atoms with Crippen LogP contribution in [0.5, 0.6) is 5.75 Å². The molecule has 6 heteroatoms. The molecule has 1 aromatic heterocycles. The van der Waals surface area contributed by atoms with Crippen LogP contribution in [0.1, 0.15) is 16.7 Å². The minimum absolute atomic E-state index is 0.0540. The van der Waals surface area contributed by atoms with Crippen molar-refractivity contribution in [1.29, 1.82) is 0 Å². The van der Waals surface area contributed by atoms with Gasteiger partial charge >= 0.3 is 5.63 Å². The number of fused-ring (bicyclic) bond motifs is 1. The van der Waals surface area contributed by atoms with E-state index in [9.17, 15) is 14.0 Å². The summed E-state index contributed by atoms with van der Waals surface area (Å²) in [7, 11) is 0. The molecule has 0 radical (unpaired) electrons. The van der Waals surface area contributed by atoms with E-state index in [1.54, 1.807) is 30.3 Å². The van der Waals surface area contributed by atoms with Crippen molar-refractivity contribution >= 4 is 16.9 Å². The summed E-state index contributed by atoms with van der Waals surface area (Å²) < 4.78 is 24.3. The first-order valence-electron chi connectivity index (χ1n) is 9.81. The standard InChI is InChI=1S/C25H20FNO4/c26-20-8-4-7-18(11-20)16-30-21-9-10-22-19(13-25(29)31-23(22)14-21)12-24(28)27-15-17-5-2-1-3-6-17/h1-11,13-14H,12,15-16H2,(H,27,28). The van der Waals surface area contributed by atoms with E-state index >= 15 is 0 Å². The van der Waals surface area contributed by atoms with Crippen LogP contribution < -0.4 is 15.7 Å². The average Bonchev–Trinajstić information content (AvgIpc) is 2.77. The quantitative estimate of drug-likeness (QED) is 0.454. The van der Waals surface area contributed by atoms with Crippen molar-refractivity contribution in [3.63, 3.8) is 0 Å². The summed E-state index contributed by atoms with van der Waals surface area (Å²) in [5, 5.41) is 3.52. The third kappa shape index (κ3) is 5.36. The highest BCUT2D eigenvalue weighted by Gasteiger charge is 2.11. The Bertz CT molecular complexity index is 1270. The SMILES string of the molecule is O=C(Cc1cc(=O)oc2cc(OCc3cccc(F)c3)ccc12)NCc1ccccc1. The molecule has 156 valence electrons. The van der Waals surface area contributed by atoms with Gasteiger partial charge in [-0.15, -0.1) is 0 Å². The Labute approximate surface area is 178 Å². The number of carbonyl (C=O) groups is 1. The van der Waals surface area contributed by atoms with Crippen LogP contribution in [0.2, 0.25) is 0 Å². The predicted molar refractivity (Wildman–Crippen MR) is 115 cm³/mol. The zero-order valence-electron chi connectivity index (χ0n) is 16.6. The van der Waals surface area contributed by atoms with Gasteiger partial charge in [-0.25, -0.2) is 9.18 Å². The molecule has 5 nitrogen and oxygen atoms in total. The molecule has 0 bridgehead atoms. The van der Waals surface area contributed by atoms with Gasteiger partial charge in [0.1, 0.15) is 23.8 Å². The van der Waals surface area contributed by atoms with Crippen LogP contribution in [0.15, 0.2) is 88.1 Å². The van der Waals surface area contributed by atoms with E-state index in [1.807, 2.05) is 30.3 Å². The molecule has 4 rings (SSSR count). The van der Waals surface area contributed by atoms with Gasteiger partial charge in [-0.05, 0) is 41.0 Å². The van der Waals surface area contributed by atoms with E-state index in [0.717, 1.165) is 5.56 Å². The number of amides is 1. The Balaban J connectivity index is 1.47. The third-order valence-electron chi connectivity index (χ3n) is 4.78. The first kappa shape index (κ1) is 20.3. The molecule has 0 spiro atoms. The number of nitrogens with one attached hydrogen (secondary N) is 1. The van der Waals surface area contributed by atoms with Gasteiger partial charge in [0.2, 0.25) is 5.91 Å². The number of benzene rings is 3. The molecule has 3 aromatic carbocycles. The largest absolute Gasteiger partial charge is 0.489 e. The Kier molecular flexibility index (Phi) is 6.08. The van der Waals surface area contributed by atoms with Crippen LogP contribution in [0.25, 0.3) is 11.0 Å². The van der Waals surface area contributed by atoms with Gasteiger partial charge in [-0.1, -0.05) is 42.5 Å². The van der Waals surface area contributed by atoms with Gasteiger partial charge in [-0.2, -0.15) is 0 Å². The number of halogens is 1. The fraction of sp³-hybridized carbons (Fsp3) is 0.120. The fourth-order valence-electron chi connectivity index (χ4n) is 3.27. The van der Waals surface area contributed by atoms with Crippen LogP contribution in [-0.4, -0.2) is 5.91 Å². The fourth-order valence-corrected chi connectivity index (χ4v) is 3.27. The molecular formula is C25H20FNO4. The second-order valence-corrected chi connectivity index (χ2v) is 7.11. The lowest BCUT2D eigenvalue weighted by Crippen LogP contribution is -2.25. The lowest BCUT2D eigenvalue weighted by molar-refractivity contribution is -0.120. The maximum absolute atomic E-state index is 13.3. The van der Waals surface area contributed by atoms with E-state index in [2.05, 4.69) is 5.32 Å². The van der Waals surface area contributed by atoms with E-state index in [-0.39, 0.29) is 24.8 Å². The number of hydrogen-bond acceptors (Lipinski definition) is 4. The minimum Gasteiger partial charge on any atom is -0.489 e. The molecule has 0 aliphatic rings. The van der Waals surface area contributed by atoms with Crippen molar-refractivity contribution in [2.24, 2.45) is 0 Å². The number of carbonyl (C=O) groups excluding carboxylic acids is 1. The van der Waals surface area contributed by atoms with Crippen LogP contribution in [0.3, 0.4) is 0 Å². The Hall–Kier alpha value is -3.93. The molecule has 0 aliphatic heterocycles. The maximum Gasteiger partial charge on any atom is 0.336 e. The van der Waals surface area contributed by atoms with Crippen molar-refractivity contribution in [2.75, 3.05) is 0 Å². The summed E-state index contributed by atoms with van der Waals surface area (Å²) in [6.45, 7) is 0.589.